The zero-order valence-electron chi connectivity index (χ0n) is 14.2. The smallest absolute Gasteiger partial charge is 0.235 e. The summed E-state index contributed by atoms with van der Waals surface area (Å²) in [5.74, 6) is 0.944. The highest BCUT2D eigenvalue weighted by Gasteiger charge is 2.29. The lowest BCUT2D eigenvalue weighted by Crippen LogP contribution is -2.45. The Balaban J connectivity index is 1.99. The number of primary amides is 1. The monoisotopic (exact) mass is 355 g/mol. The van der Waals surface area contributed by atoms with Crippen molar-refractivity contribution in [2.24, 2.45) is 17.6 Å². The number of likely N-dealkylation sites (tertiary alicyclic amines) is 1. The molecule has 2 N–H and O–H groups in total. The zero-order valence-corrected chi connectivity index (χ0v) is 15.8. The van der Waals surface area contributed by atoms with Crippen LogP contribution in [-0.2, 0) is 16.0 Å². The van der Waals surface area contributed by atoms with Crippen LogP contribution in [0.2, 0.25) is 0 Å². The van der Waals surface area contributed by atoms with Gasteiger partial charge in [-0.25, -0.2) is 4.98 Å². The second-order valence-corrected chi connectivity index (χ2v) is 9.25. The van der Waals surface area contributed by atoms with E-state index in [2.05, 4.69) is 18.8 Å². The average molecular weight is 356 g/mol. The normalized spacial score (nSPS) is 22.9. The van der Waals surface area contributed by atoms with Crippen molar-refractivity contribution in [2.45, 2.75) is 50.1 Å². The highest BCUT2D eigenvalue weighted by atomic mass is 32.2. The number of nitrogens with two attached hydrogens (primary N) is 1. The summed E-state index contributed by atoms with van der Waals surface area (Å²) in [5.41, 5.74) is 6.08. The quantitative estimate of drug-likeness (QED) is 0.823. The summed E-state index contributed by atoms with van der Waals surface area (Å²) in [4.78, 5) is 31.1. The second kappa shape index (κ2) is 7.66. The van der Waals surface area contributed by atoms with Crippen LogP contribution in [0.5, 0.6) is 0 Å². The van der Waals surface area contributed by atoms with E-state index in [1.807, 2.05) is 18.7 Å². The van der Waals surface area contributed by atoms with Crippen LogP contribution in [0.25, 0.3) is 0 Å². The average Bonchev–Trinajstić information content (AvgIpc) is 2.75. The number of aryl methyl sites for hydroxylation is 1. The molecule has 23 heavy (non-hydrogen) atoms. The maximum atomic E-state index is 12.7. The molecular weight excluding hydrogens is 330 g/mol. The molecule has 0 radical (unpaired) electrons. The molecule has 1 saturated heterocycles. The van der Waals surface area contributed by atoms with Crippen molar-refractivity contribution < 1.29 is 9.59 Å². The molecule has 1 aliphatic rings. The molecule has 0 aliphatic carbocycles. The maximum Gasteiger partial charge on any atom is 0.235 e. The van der Waals surface area contributed by atoms with E-state index in [1.165, 1.54) is 29.5 Å². The van der Waals surface area contributed by atoms with Crippen molar-refractivity contribution >= 4 is 34.9 Å². The van der Waals surface area contributed by atoms with Crippen LogP contribution in [0.4, 0.5) is 0 Å². The molecule has 3 atom stereocenters. The molecule has 1 aliphatic heterocycles. The lowest BCUT2D eigenvalue weighted by Gasteiger charge is -2.36. The van der Waals surface area contributed by atoms with E-state index in [9.17, 15) is 9.59 Å². The van der Waals surface area contributed by atoms with E-state index in [4.69, 9.17) is 5.73 Å². The van der Waals surface area contributed by atoms with Gasteiger partial charge in [-0.05, 0) is 32.1 Å². The standard InChI is InChI=1S/C16H25N3O2S2/c1-9-5-10(2)8-19(7-9)15(21)12(4)22-16-18-11(3)13(23-16)6-14(17)20/h9-10,12H,5-8H2,1-4H3,(H2,17,20)/t9-,10+,12-/m1/s1. The van der Waals surface area contributed by atoms with Crippen LogP contribution in [0.15, 0.2) is 4.34 Å². The van der Waals surface area contributed by atoms with Crippen molar-refractivity contribution in [1.82, 2.24) is 9.88 Å². The van der Waals surface area contributed by atoms with Gasteiger partial charge in [0.1, 0.15) is 0 Å². The number of thioether (sulfide) groups is 1. The van der Waals surface area contributed by atoms with E-state index in [0.717, 1.165) is 28.0 Å². The lowest BCUT2D eigenvalue weighted by molar-refractivity contribution is -0.133. The summed E-state index contributed by atoms with van der Waals surface area (Å²) >= 11 is 2.94. The number of hydrogen-bond acceptors (Lipinski definition) is 5. The van der Waals surface area contributed by atoms with Gasteiger partial charge in [-0.15, -0.1) is 11.3 Å². The fourth-order valence-corrected chi connectivity index (χ4v) is 5.55. The number of hydrogen-bond donors (Lipinski definition) is 1. The molecule has 0 bridgehead atoms. The third kappa shape index (κ3) is 4.94. The maximum absolute atomic E-state index is 12.7. The highest BCUT2D eigenvalue weighted by Crippen LogP contribution is 2.32. The van der Waals surface area contributed by atoms with Crippen LogP contribution in [0, 0.1) is 18.8 Å². The summed E-state index contributed by atoms with van der Waals surface area (Å²) in [6.07, 6.45) is 1.40. The largest absolute Gasteiger partial charge is 0.369 e. The Kier molecular flexibility index (Phi) is 6.08. The van der Waals surface area contributed by atoms with Gasteiger partial charge >= 0.3 is 0 Å². The zero-order chi connectivity index (χ0) is 17.1. The van der Waals surface area contributed by atoms with Gasteiger partial charge in [-0.2, -0.15) is 0 Å². The van der Waals surface area contributed by atoms with Crippen molar-refractivity contribution in [1.29, 1.82) is 0 Å². The summed E-state index contributed by atoms with van der Waals surface area (Å²) in [7, 11) is 0. The highest BCUT2D eigenvalue weighted by molar-refractivity contribution is 8.02. The Hall–Kier alpha value is -1.08. The van der Waals surface area contributed by atoms with Crippen LogP contribution in [0.3, 0.4) is 0 Å². The van der Waals surface area contributed by atoms with E-state index in [0.29, 0.717) is 11.8 Å². The molecule has 2 rings (SSSR count). The predicted molar refractivity (Wildman–Crippen MR) is 94.6 cm³/mol. The number of nitrogens with zero attached hydrogens (tertiary/aromatic N) is 2. The summed E-state index contributed by atoms with van der Waals surface area (Å²) in [6.45, 7) is 9.90. The number of amides is 2. The molecule has 7 heteroatoms. The molecule has 1 aromatic heterocycles. The van der Waals surface area contributed by atoms with Gasteiger partial charge in [0, 0.05) is 18.0 Å². The molecule has 0 spiro atoms. The molecular formula is C16H25N3O2S2. The SMILES string of the molecule is Cc1nc(S[C@H](C)C(=O)N2C[C@H](C)C[C@H](C)C2)sc1CC(N)=O. The van der Waals surface area contributed by atoms with Gasteiger partial charge < -0.3 is 10.6 Å². The fraction of sp³-hybridized carbons (Fsp3) is 0.688. The summed E-state index contributed by atoms with van der Waals surface area (Å²) in [6, 6.07) is 0. The van der Waals surface area contributed by atoms with Gasteiger partial charge in [0.2, 0.25) is 11.8 Å². The Morgan fingerprint density at radius 3 is 2.57 bits per heavy atom. The van der Waals surface area contributed by atoms with Crippen molar-refractivity contribution in [3.05, 3.63) is 10.6 Å². The van der Waals surface area contributed by atoms with E-state index in [1.54, 1.807) is 0 Å². The first-order chi connectivity index (χ1) is 10.8. The Morgan fingerprint density at radius 2 is 2.00 bits per heavy atom. The minimum atomic E-state index is -0.353. The first-order valence-electron chi connectivity index (χ1n) is 7.96. The summed E-state index contributed by atoms with van der Waals surface area (Å²) in [5, 5.41) is -0.167. The lowest BCUT2D eigenvalue weighted by atomic mass is 9.92. The first kappa shape index (κ1) is 18.3. The van der Waals surface area contributed by atoms with Gasteiger partial charge in [0.05, 0.1) is 17.4 Å². The number of rotatable bonds is 5. The van der Waals surface area contributed by atoms with Crippen molar-refractivity contribution in [3.63, 3.8) is 0 Å². The number of thiazole rings is 1. The van der Waals surface area contributed by atoms with Crippen molar-refractivity contribution in [2.75, 3.05) is 13.1 Å². The van der Waals surface area contributed by atoms with Crippen LogP contribution in [0.1, 0.15) is 37.8 Å². The number of carbonyl (C=O) groups excluding carboxylic acids is 2. The van der Waals surface area contributed by atoms with E-state index < -0.39 is 0 Å². The molecule has 2 heterocycles. The van der Waals surface area contributed by atoms with Gasteiger partial charge in [0.25, 0.3) is 0 Å². The van der Waals surface area contributed by atoms with Crippen molar-refractivity contribution in [3.8, 4) is 0 Å². The molecule has 0 saturated carbocycles. The Labute approximate surface area is 146 Å². The molecule has 2 amide bonds. The van der Waals surface area contributed by atoms with Gasteiger partial charge in [0.15, 0.2) is 4.34 Å². The van der Waals surface area contributed by atoms with E-state index in [-0.39, 0.29) is 23.5 Å². The van der Waals surface area contributed by atoms with Crippen LogP contribution in [-0.4, -0.2) is 40.0 Å². The van der Waals surface area contributed by atoms with Crippen LogP contribution >= 0.6 is 23.1 Å². The third-order valence-electron chi connectivity index (χ3n) is 4.01. The van der Waals surface area contributed by atoms with Crippen LogP contribution < -0.4 is 5.73 Å². The third-order valence-corrected chi connectivity index (χ3v) is 6.35. The molecule has 0 aromatic carbocycles. The fourth-order valence-electron chi connectivity index (χ4n) is 3.08. The molecule has 128 valence electrons. The van der Waals surface area contributed by atoms with E-state index >= 15 is 0 Å². The Bertz CT molecular complexity index is 578. The second-order valence-electron chi connectivity index (χ2n) is 6.58. The summed E-state index contributed by atoms with van der Waals surface area (Å²) < 4.78 is 0.831. The minimum absolute atomic E-state index is 0.167. The Morgan fingerprint density at radius 1 is 1.39 bits per heavy atom. The molecule has 5 nitrogen and oxygen atoms in total. The number of aromatic nitrogens is 1. The predicted octanol–water partition coefficient (Wildman–Crippen LogP) is 2.46. The number of carbonyl (C=O) groups is 2. The molecule has 1 fully saturated rings. The molecule has 1 aromatic rings. The minimum Gasteiger partial charge on any atom is -0.369 e. The topological polar surface area (TPSA) is 76.3 Å². The first-order valence-corrected chi connectivity index (χ1v) is 9.66. The van der Waals surface area contributed by atoms with Gasteiger partial charge in [-0.3, -0.25) is 9.59 Å². The van der Waals surface area contributed by atoms with Gasteiger partial charge in [-0.1, -0.05) is 25.6 Å². The number of piperidine rings is 1. The molecule has 0 unspecified atom stereocenters.